The highest BCUT2D eigenvalue weighted by atomic mass is 28.4. The molecule has 3 heteroatoms. The summed E-state index contributed by atoms with van der Waals surface area (Å²) >= 11 is 0. The third kappa shape index (κ3) is 5.06. The summed E-state index contributed by atoms with van der Waals surface area (Å²) in [7, 11) is -1.60. The molecule has 0 heterocycles. The van der Waals surface area contributed by atoms with E-state index in [4.69, 9.17) is 4.43 Å². The smallest absolute Gasteiger partial charge is 0.191 e. The topological polar surface area (TPSA) is 26.3 Å². The Morgan fingerprint density at radius 2 is 1.86 bits per heavy atom. The monoisotopic (exact) mass is 310 g/mol. The van der Waals surface area contributed by atoms with Gasteiger partial charge < -0.3 is 4.43 Å². The maximum Gasteiger partial charge on any atom is 0.191 e. The molecular weight excluding hydrogens is 276 g/mol. The van der Waals surface area contributed by atoms with E-state index in [2.05, 4.69) is 40.8 Å². The molecule has 0 aromatic carbocycles. The molecule has 0 aliphatic heterocycles. The molecule has 0 bridgehead atoms. The number of rotatable bonds is 6. The highest BCUT2D eigenvalue weighted by molar-refractivity contribution is 6.74. The number of ketones is 1. The third-order valence-corrected chi connectivity index (χ3v) is 9.95. The van der Waals surface area contributed by atoms with Crippen LogP contribution in [0.15, 0.2) is 11.1 Å². The van der Waals surface area contributed by atoms with Gasteiger partial charge in [0.05, 0.1) is 0 Å². The van der Waals surface area contributed by atoms with Gasteiger partial charge in [-0.15, -0.1) is 0 Å². The van der Waals surface area contributed by atoms with Crippen LogP contribution in [0.25, 0.3) is 0 Å². The van der Waals surface area contributed by atoms with Crippen molar-refractivity contribution in [2.24, 2.45) is 5.92 Å². The van der Waals surface area contributed by atoms with Crippen LogP contribution in [0.1, 0.15) is 66.7 Å². The van der Waals surface area contributed by atoms with Gasteiger partial charge in [0.15, 0.2) is 14.1 Å². The van der Waals surface area contributed by atoms with Crippen molar-refractivity contribution in [1.82, 2.24) is 0 Å². The number of carbonyl (C=O) groups excluding carboxylic acids is 1. The number of hydrogen-bond donors (Lipinski definition) is 0. The summed E-state index contributed by atoms with van der Waals surface area (Å²) in [4.78, 5) is 11.8. The quantitative estimate of drug-likeness (QED) is 0.478. The normalized spacial score (nSPS) is 21.1. The minimum absolute atomic E-state index is 0.288. The van der Waals surface area contributed by atoms with Crippen LogP contribution >= 0.6 is 0 Å². The highest BCUT2D eigenvalue weighted by Gasteiger charge is 2.36. The van der Waals surface area contributed by atoms with Crippen LogP contribution in [0.2, 0.25) is 18.1 Å². The number of hydrogen-bond acceptors (Lipinski definition) is 2. The molecule has 1 unspecified atom stereocenters. The van der Waals surface area contributed by atoms with Crippen molar-refractivity contribution >= 4 is 14.1 Å². The summed E-state index contributed by atoms with van der Waals surface area (Å²) in [5.41, 5.74) is 2.44. The zero-order valence-corrected chi connectivity index (χ0v) is 16.1. The summed E-state index contributed by atoms with van der Waals surface area (Å²) < 4.78 is 6.21. The second kappa shape index (κ2) is 7.23. The van der Waals surface area contributed by atoms with Gasteiger partial charge in [-0.3, -0.25) is 4.79 Å². The number of carbonyl (C=O) groups is 1. The fraction of sp³-hybridized carbons (Fsp3) is 0.833. The molecule has 0 N–H and O–H groups in total. The number of Topliss-reactive ketones (excluding diaryl/α,β-unsaturated/α-hetero) is 1. The van der Waals surface area contributed by atoms with E-state index >= 15 is 0 Å². The first kappa shape index (κ1) is 18.6. The van der Waals surface area contributed by atoms with E-state index in [1.807, 2.05) is 6.92 Å². The molecular formula is C18H34O2Si. The van der Waals surface area contributed by atoms with Crippen LogP contribution in [-0.2, 0) is 9.22 Å². The largest absolute Gasteiger partial charge is 0.417 e. The SMILES string of the molecule is CC1=C(CCCCO[Si](C)(C)C(C)(C)C)C(C)CCC1=O. The summed E-state index contributed by atoms with van der Waals surface area (Å²) in [6.07, 6.45) is 5.08. The number of allylic oxidation sites excluding steroid dienone is 2. The maximum atomic E-state index is 11.8. The minimum atomic E-state index is -1.60. The van der Waals surface area contributed by atoms with Crippen LogP contribution < -0.4 is 0 Å². The second-order valence-electron chi connectivity index (χ2n) is 8.08. The molecule has 0 saturated carbocycles. The molecule has 0 aromatic rings. The van der Waals surface area contributed by atoms with E-state index in [1.54, 1.807) is 0 Å². The fourth-order valence-corrected chi connectivity index (χ4v) is 3.74. The molecule has 1 atom stereocenters. The zero-order valence-electron chi connectivity index (χ0n) is 15.1. The molecule has 0 aromatic heterocycles. The summed E-state index contributed by atoms with van der Waals surface area (Å²) in [5, 5.41) is 0.288. The lowest BCUT2D eigenvalue weighted by molar-refractivity contribution is -0.116. The molecule has 0 radical (unpaired) electrons. The Kier molecular flexibility index (Phi) is 6.42. The predicted octanol–water partition coefficient (Wildman–Crippen LogP) is 5.49. The lowest BCUT2D eigenvalue weighted by atomic mass is 9.81. The van der Waals surface area contributed by atoms with Crippen molar-refractivity contribution in [3.05, 3.63) is 11.1 Å². The molecule has 0 spiro atoms. The van der Waals surface area contributed by atoms with Crippen LogP contribution in [0, 0.1) is 5.92 Å². The number of unbranched alkanes of at least 4 members (excludes halogenated alkanes) is 1. The van der Waals surface area contributed by atoms with Gasteiger partial charge >= 0.3 is 0 Å². The van der Waals surface area contributed by atoms with Gasteiger partial charge in [0.25, 0.3) is 0 Å². The third-order valence-electron chi connectivity index (χ3n) is 5.41. The highest BCUT2D eigenvalue weighted by Crippen LogP contribution is 2.36. The Balaban J connectivity index is 2.38. The fourth-order valence-electron chi connectivity index (χ4n) is 2.65. The molecule has 1 aliphatic rings. The Labute approximate surface area is 132 Å². The van der Waals surface area contributed by atoms with Gasteiger partial charge in [0.2, 0.25) is 0 Å². The zero-order chi connectivity index (χ0) is 16.3. The van der Waals surface area contributed by atoms with E-state index in [9.17, 15) is 4.79 Å². The van der Waals surface area contributed by atoms with Crippen molar-refractivity contribution in [1.29, 1.82) is 0 Å². The molecule has 0 amide bonds. The summed E-state index contributed by atoms with van der Waals surface area (Å²) in [6.45, 7) is 16.6. The van der Waals surface area contributed by atoms with Crippen LogP contribution in [0.4, 0.5) is 0 Å². The molecule has 1 rings (SSSR count). The minimum Gasteiger partial charge on any atom is -0.417 e. The van der Waals surface area contributed by atoms with Gasteiger partial charge in [-0.25, -0.2) is 0 Å². The maximum absolute atomic E-state index is 11.8. The summed E-state index contributed by atoms with van der Waals surface area (Å²) in [5.74, 6) is 0.949. The summed E-state index contributed by atoms with van der Waals surface area (Å²) in [6, 6.07) is 0. The molecule has 1 aliphatic carbocycles. The molecule has 2 nitrogen and oxygen atoms in total. The van der Waals surface area contributed by atoms with Crippen molar-refractivity contribution in [3.63, 3.8) is 0 Å². The molecule has 0 fully saturated rings. The van der Waals surface area contributed by atoms with Gasteiger partial charge in [0.1, 0.15) is 0 Å². The predicted molar refractivity (Wildman–Crippen MR) is 93.1 cm³/mol. The van der Waals surface area contributed by atoms with Gasteiger partial charge in [0, 0.05) is 13.0 Å². The standard InChI is InChI=1S/C18H34O2Si/c1-14-11-12-17(19)15(2)16(14)10-8-9-13-20-21(6,7)18(3,4)5/h14H,8-13H2,1-7H3. The van der Waals surface area contributed by atoms with E-state index in [-0.39, 0.29) is 5.04 Å². The van der Waals surface area contributed by atoms with Gasteiger partial charge in [-0.2, -0.15) is 0 Å². The van der Waals surface area contributed by atoms with Crippen LogP contribution in [0.3, 0.4) is 0 Å². The first-order chi connectivity index (χ1) is 9.56. The van der Waals surface area contributed by atoms with E-state index in [1.165, 1.54) is 5.57 Å². The van der Waals surface area contributed by atoms with Crippen molar-refractivity contribution in [2.45, 2.75) is 84.9 Å². The van der Waals surface area contributed by atoms with Crippen molar-refractivity contribution in [2.75, 3.05) is 6.61 Å². The molecule has 0 saturated heterocycles. The Morgan fingerprint density at radius 1 is 1.24 bits per heavy atom. The van der Waals surface area contributed by atoms with E-state index < -0.39 is 8.32 Å². The van der Waals surface area contributed by atoms with Crippen LogP contribution in [0.5, 0.6) is 0 Å². The van der Waals surface area contributed by atoms with E-state index in [0.29, 0.717) is 11.7 Å². The molecule has 21 heavy (non-hydrogen) atoms. The van der Waals surface area contributed by atoms with E-state index in [0.717, 1.165) is 44.3 Å². The lowest BCUT2D eigenvalue weighted by Crippen LogP contribution is -2.40. The first-order valence-corrected chi connectivity index (χ1v) is 11.3. The van der Waals surface area contributed by atoms with Crippen molar-refractivity contribution in [3.8, 4) is 0 Å². The van der Waals surface area contributed by atoms with Gasteiger partial charge in [-0.05, 0) is 62.2 Å². The Morgan fingerprint density at radius 3 is 2.43 bits per heavy atom. The molecule has 122 valence electrons. The average molecular weight is 311 g/mol. The lowest BCUT2D eigenvalue weighted by Gasteiger charge is -2.36. The van der Waals surface area contributed by atoms with Crippen LogP contribution in [-0.4, -0.2) is 20.7 Å². The first-order valence-electron chi connectivity index (χ1n) is 8.43. The Hall–Kier alpha value is -0.413. The van der Waals surface area contributed by atoms with Gasteiger partial charge in [-0.1, -0.05) is 33.3 Å². The Bertz CT molecular complexity index is 402. The second-order valence-corrected chi connectivity index (χ2v) is 12.9. The average Bonchev–Trinajstić information content (AvgIpc) is 2.36. The van der Waals surface area contributed by atoms with Crippen molar-refractivity contribution < 1.29 is 9.22 Å².